The molecule has 0 spiro atoms. The summed E-state index contributed by atoms with van der Waals surface area (Å²) in [4.78, 5) is 0. The number of benzene rings is 1. The molecule has 6 heteroatoms. The van der Waals surface area contributed by atoms with Crippen molar-refractivity contribution in [3.05, 3.63) is 64.5 Å². The van der Waals surface area contributed by atoms with Gasteiger partial charge in [-0.1, -0.05) is 17.6 Å². The van der Waals surface area contributed by atoms with Crippen LogP contribution in [0.5, 0.6) is 5.75 Å². The number of anilines is 1. The molecule has 5 nitrogen and oxygen atoms in total. The molecule has 0 unspecified atom stereocenters. The van der Waals surface area contributed by atoms with Crippen molar-refractivity contribution in [2.75, 3.05) is 12.8 Å². The first-order valence-electron chi connectivity index (χ1n) is 7.67. The number of fused-ring (bicyclic) bond motifs is 2. The van der Waals surface area contributed by atoms with E-state index in [-0.39, 0.29) is 12.5 Å². The summed E-state index contributed by atoms with van der Waals surface area (Å²) < 4.78 is 11.2. The van der Waals surface area contributed by atoms with Crippen LogP contribution in [0.4, 0.5) is 5.69 Å². The molecule has 0 radical (unpaired) electrons. The Balaban J connectivity index is 2.10. The molecule has 0 atom stereocenters. The molecule has 0 aliphatic carbocycles. The average Bonchev–Trinajstić information content (AvgIpc) is 3.16. The third-order valence-corrected chi connectivity index (χ3v) is 4.51. The van der Waals surface area contributed by atoms with Gasteiger partial charge >= 0.3 is 0 Å². The third-order valence-electron chi connectivity index (χ3n) is 4.51. The maximum atomic E-state index is 10.2. The number of allylic oxidation sites excluding steroid dienone is 5. The van der Waals surface area contributed by atoms with Crippen molar-refractivity contribution >= 4 is 28.9 Å². The highest BCUT2D eigenvalue weighted by molar-refractivity contribution is 6.82. The minimum absolute atomic E-state index is 0.00940. The average molecular weight is 320 g/mol. The molecule has 1 aromatic carbocycles. The Morgan fingerprint density at radius 1 is 1.25 bits per heavy atom. The second-order valence-corrected chi connectivity index (χ2v) is 6.03. The quantitative estimate of drug-likeness (QED) is 0.584. The molecule has 24 heavy (non-hydrogen) atoms. The number of phenolic OH excluding ortho intramolecular Hbond substituents is 1. The molecular formula is C18H17BN2O3. The highest BCUT2D eigenvalue weighted by atomic mass is 16.5. The highest BCUT2D eigenvalue weighted by Gasteiger charge is 2.34. The van der Waals surface area contributed by atoms with E-state index in [4.69, 9.17) is 20.6 Å². The summed E-state index contributed by atoms with van der Waals surface area (Å²) >= 11 is 0. The zero-order valence-corrected chi connectivity index (χ0v) is 13.5. The smallest absolute Gasteiger partial charge is 0.254 e. The second-order valence-electron chi connectivity index (χ2n) is 6.03. The molecule has 1 aromatic heterocycles. The first-order chi connectivity index (χ1) is 11.5. The minimum Gasteiger partial charge on any atom is -0.504 e. The largest absolute Gasteiger partial charge is 0.504 e. The van der Waals surface area contributed by atoms with Crippen LogP contribution in [-0.4, -0.2) is 18.9 Å². The van der Waals surface area contributed by atoms with Crippen molar-refractivity contribution in [3.63, 3.8) is 0 Å². The summed E-state index contributed by atoms with van der Waals surface area (Å²) in [6.07, 6.45) is 5.83. The lowest BCUT2D eigenvalue weighted by Crippen LogP contribution is -2.27. The lowest BCUT2D eigenvalue weighted by Gasteiger charge is -2.24. The Labute approximate surface area is 139 Å². The SMILES string of the molecule is COC1=C(c2c(N)cc(O)c3oc(C)cc23)C2=CC=CB2C(N)=C1. The van der Waals surface area contributed by atoms with Crippen LogP contribution in [0.2, 0.25) is 0 Å². The Kier molecular flexibility index (Phi) is 3.03. The molecule has 3 heterocycles. The second kappa shape index (κ2) is 4.99. The van der Waals surface area contributed by atoms with Gasteiger partial charge in [-0.25, -0.2) is 0 Å². The summed E-state index contributed by atoms with van der Waals surface area (Å²) in [6, 6.07) is 3.39. The highest BCUT2D eigenvalue weighted by Crippen LogP contribution is 2.45. The lowest BCUT2D eigenvalue weighted by molar-refractivity contribution is 0.308. The van der Waals surface area contributed by atoms with Gasteiger partial charge in [0.15, 0.2) is 11.3 Å². The van der Waals surface area contributed by atoms with Gasteiger partial charge in [0, 0.05) is 28.3 Å². The number of methoxy groups -OCH3 is 1. The molecule has 2 aliphatic rings. The molecule has 0 amide bonds. The Morgan fingerprint density at radius 2 is 2.04 bits per heavy atom. The van der Waals surface area contributed by atoms with Gasteiger partial charge in [0.2, 0.25) is 0 Å². The first-order valence-corrected chi connectivity index (χ1v) is 7.67. The number of aromatic hydroxyl groups is 1. The normalized spacial score (nSPS) is 16.5. The molecule has 0 fully saturated rings. The Hall–Kier alpha value is -3.02. The zero-order valence-electron chi connectivity index (χ0n) is 13.5. The predicted octanol–water partition coefficient (Wildman–Crippen LogP) is 2.85. The van der Waals surface area contributed by atoms with E-state index in [1.807, 2.05) is 37.2 Å². The van der Waals surface area contributed by atoms with Crippen molar-refractivity contribution in [1.82, 2.24) is 0 Å². The van der Waals surface area contributed by atoms with Crippen LogP contribution in [-0.2, 0) is 4.74 Å². The standard InChI is InChI=1S/C18H17BN2O3/c1-9-6-10-16(12(20)7-13(22)18(10)24-9)17-11-4-3-5-19(11)15(21)8-14(17)23-2/h3-8,22H,20-21H2,1-2H3. The maximum Gasteiger partial charge on any atom is 0.254 e. The number of nitrogens with two attached hydrogens (primary N) is 2. The number of rotatable bonds is 2. The van der Waals surface area contributed by atoms with Gasteiger partial charge < -0.3 is 25.7 Å². The topological polar surface area (TPSA) is 94.6 Å². The lowest BCUT2D eigenvalue weighted by atomic mass is 9.40. The fourth-order valence-corrected chi connectivity index (χ4v) is 3.50. The van der Waals surface area contributed by atoms with Gasteiger partial charge in [-0.05, 0) is 24.7 Å². The van der Waals surface area contributed by atoms with Crippen LogP contribution in [0.1, 0.15) is 11.3 Å². The molecular weight excluding hydrogens is 303 g/mol. The summed E-state index contributed by atoms with van der Waals surface area (Å²) in [5.41, 5.74) is 16.8. The van der Waals surface area contributed by atoms with Crippen molar-refractivity contribution in [1.29, 1.82) is 0 Å². The predicted molar refractivity (Wildman–Crippen MR) is 96.2 cm³/mol. The van der Waals surface area contributed by atoms with E-state index >= 15 is 0 Å². The fourth-order valence-electron chi connectivity index (χ4n) is 3.50. The van der Waals surface area contributed by atoms with Gasteiger partial charge in [0.25, 0.3) is 6.71 Å². The van der Waals surface area contributed by atoms with Gasteiger partial charge in [-0.3, -0.25) is 0 Å². The van der Waals surface area contributed by atoms with E-state index in [0.717, 1.165) is 27.6 Å². The molecule has 0 saturated carbocycles. The number of furan rings is 1. The Bertz CT molecular complexity index is 995. The van der Waals surface area contributed by atoms with Crippen LogP contribution in [0.15, 0.2) is 57.6 Å². The molecule has 120 valence electrons. The van der Waals surface area contributed by atoms with Crippen LogP contribution >= 0.6 is 0 Å². The van der Waals surface area contributed by atoms with Crippen molar-refractivity contribution < 1.29 is 14.3 Å². The number of ether oxygens (including phenoxy) is 1. The number of hydrogen-bond donors (Lipinski definition) is 3. The summed E-state index contributed by atoms with van der Waals surface area (Å²) in [7, 11) is 1.61. The van der Waals surface area contributed by atoms with E-state index < -0.39 is 0 Å². The van der Waals surface area contributed by atoms with E-state index in [9.17, 15) is 5.11 Å². The van der Waals surface area contributed by atoms with Gasteiger partial charge in [0.1, 0.15) is 11.5 Å². The molecule has 2 aliphatic heterocycles. The zero-order chi connectivity index (χ0) is 17.0. The first kappa shape index (κ1) is 14.6. The van der Waals surface area contributed by atoms with Crippen molar-refractivity contribution in [3.8, 4) is 5.75 Å². The number of phenols is 1. The van der Waals surface area contributed by atoms with Crippen LogP contribution in [0.3, 0.4) is 0 Å². The van der Waals surface area contributed by atoms with Gasteiger partial charge in [-0.2, -0.15) is 0 Å². The van der Waals surface area contributed by atoms with E-state index in [1.54, 1.807) is 7.11 Å². The Morgan fingerprint density at radius 3 is 2.79 bits per heavy atom. The molecule has 0 saturated heterocycles. The monoisotopic (exact) mass is 320 g/mol. The number of nitrogen functional groups attached to an aromatic ring is 1. The minimum atomic E-state index is 0.00940. The fraction of sp³-hybridized carbons (Fsp3) is 0.111. The van der Waals surface area contributed by atoms with E-state index in [0.29, 0.717) is 22.8 Å². The molecule has 2 aromatic rings. The third kappa shape index (κ3) is 1.89. The van der Waals surface area contributed by atoms with E-state index in [2.05, 4.69) is 0 Å². The number of aryl methyl sites for hydroxylation is 1. The van der Waals surface area contributed by atoms with Crippen LogP contribution < -0.4 is 11.5 Å². The van der Waals surface area contributed by atoms with Gasteiger partial charge in [0.05, 0.1) is 7.11 Å². The van der Waals surface area contributed by atoms with E-state index in [1.165, 1.54) is 6.07 Å². The maximum absolute atomic E-state index is 10.2. The van der Waals surface area contributed by atoms with Crippen LogP contribution in [0.25, 0.3) is 16.5 Å². The molecule has 4 rings (SSSR count). The summed E-state index contributed by atoms with van der Waals surface area (Å²) in [5, 5.41) is 10.9. The van der Waals surface area contributed by atoms with Gasteiger partial charge in [-0.15, -0.1) is 5.98 Å². The number of hydrogen-bond acceptors (Lipinski definition) is 5. The molecule has 5 N–H and O–H groups in total. The summed E-state index contributed by atoms with van der Waals surface area (Å²) in [5.74, 6) is 3.42. The van der Waals surface area contributed by atoms with Crippen molar-refractivity contribution in [2.45, 2.75) is 6.92 Å². The van der Waals surface area contributed by atoms with Crippen LogP contribution in [0, 0.1) is 6.92 Å². The summed E-state index contributed by atoms with van der Waals surface area (Å²) in [6.45, 7) is 1.85. The van der Waals surface area contributed by atoms with Crippen molar-refractivity contribution in [2.24, 2.45) is 5.73 Å². The molecule has 0 bridgehead atoms.